The first-order valence-electron chi connectivity index (χ1n) is 10.9. The van der Waals surface area contributed by atoms with Gasteiger partial charge in [0, 0.05) is 6.54 Å². The maximum Gasteiger partial charge on any atom is 0.226 e. The fourth-order valence-electron chi connectivity index (χ4n) is 4.06. The van der Waals surface area contributed by atoms with Crippen LogP contribution < -0.4 is 4.90 Å². The van der Waals surface area contributed by atoms with E-state index < -0.39 is 8.32 Å². The molecule has 0 spiro atoms. The molecule has 1 aliphatic carbocycles. The molecule has 0 amide bonds. The summed E-state index contributed by atoms with van der Waals surface area (Å²) >= 11 is 6.39. The lowest BCUT2D eigenvalue weighted by molar-refractivity contribution is 0.263. The molecule has 4 rings (SSSR count). The first-order chi connectivity index (χ1) is 13.6. The predicted octanol–water partition coefficient (Wildman–Crippen LogP) is 5.50. The Morgan fingerprint density at radius 2 is 1.86 bits per heavy atom. The van der Waals surface area contributed by atoms with E-state index in [1.165, 1.54) is 19.3 Å². The summed E-state index contributed by atoms with van der Waals surface area (Å²) in [5.41, 5.74) is 1.88. The molecule has 1 saturated heterocycles. The van der Waals surface area contributed by atoms with Crippen LogP contribution in [-0.2, 0) is 4.43 Å². The Kier molecular flexibility index (Phi) is 5.45. The van der Waals surface area contributed by atoms with Gasteiger partial charge in [0.05, 0.1) is 29.8 Å². The highest BCUT2D eigenvalue weighted by Gasteiger charge is 2.39. The number of nitrogens with zero attached hydrogens (tertiary/aromatic N) is 5. The highest BCUT2D eigenvalue weighted by atomic mass is 35.5. The Balaban J connectivity index is 1.65. The van der Waals surface area contributed by atoms with Crippen molar-refractivity contribution in [2.75, 3.05) is 18.1 Å². The molecule has 2 aromatic heterocycles. The Hall–Kier alpha value is -1.18. The second kappa shape index (κ2) is 7.50. The summed E-state index contributed by atoms with van der Waals surface area (Å²) in [5, 5.41) is 6.41. The maximum absolute atomic E-state index is 6.57. The summed E-state index contributed by atoms with van der Waals surface area (Å²) in [7, 11) is -1.79. The zero-order chi connectivity index (χ0) is 21.0. The fraction of sp³-hybridized carbons (Fsp3) is 0.762. The number of aromatic nitrogens is 4. The minimum absolute atomic E-state index is 0.211. The van der Waals surface area contributed by atoms with E-state index in [1.807, 2.05) is 0 Å². The monoisotopic (exact) mass is 435 g/mol. The molecule has 0 unspecified atom stereocenters. The van der Waals surface area contributed by atoms with Gasteiger partial charge in [0.15, 0.2) is 14.0 Å². The van der Waals surface area contributed by atoms with Crippen molar-refractivity contribution >= 4 is 36.8 Å². The molecule has 2 aromatic rings. The van der Waals surface area contributed by atoms with Crippen LogP contribution in [0.2, 0.25) is 23.4 Å². The molecule has 160 valence electrons. The van der Waals surface area contributed by atoms with Gasteiger partial charge in [0.1, 0.15) is 5.82 Å². The summed E-state index contributed by atoms with van der Waals surface area (Å²) in [6, 6.07) is 0.769. The van der Waals surface area contributed by atoms with Crippen molar-refractivity contribution in [2.24, 2.45) is 0 Å². The number of halogens is 1. The zero-order valence-corrected chi connectivity index (χ0v) is 20.4. The van der Waals surface area contributed by atoms with Gasteiger partial charge in [-0.1, -0.05) is 20.8 Å². The molecule has 2 aliphatic rings. The van der Waals surface area contributed by atoms with E-state index in [1.54, 1.807) is 0 Å². The topological polar surface area (TPSA) is 56.1 Å². The molecule has 1 aliphatic heterocycles. The average Bonchev–Trinajstić information content (AvgIpc) is 3.15. The molecule has 0 bridgehead atoms. The minimum Gasteiger partial charge on any atom is -0.415 e. The maximum atomic E-state index is 6.57. The van der Waals surface area contributed by atoms with Gasteiger partial charge in [-0.15, -0.1) is 0 Å². The Morgan fingerprint density at radius 1 is 1.14 bits per heavy atom. The first-order valence-corrected chi connectivity index (χ1v) is 14.2. The minimum atomic E-state index is -1.79. The van der Waals surface area contributed by atoms with E-state index in [2.05, 4.69) is 60.3 Å². The lowest BCUT2D eigenvalue weighted by Crippen LogP contribution is -2.45. The average molecular weight is 436 g/mol. The van der Waals surface area contributed by atoms with E-state index in [-0.39, 0.29) is 5.04 Å². The van der Waals surface area contributed by atoms with Gasteiger partial charge in [0.2, 0.25) is 5.28 Å². The second-order valence-electron chi connectivity index (χ2n) is 10.2. The van der Waals surface area contributed by atoms with Crippen LogP contribution in [0.3, 0.4) is 0 Å². The zero-order valence-electron chi connectivity index (χ0n) is 18.6. The fourth-order valence-corrected chi connectivity index (χ4v) is 5.26. The van der Waals surface area contributed by atoms with Crippen molar-refractivity contribution in [2.45, 2.75) is 90.0 Å². The van der Waals surface area contributed by atoms with Gasteiger partial charge < -0.3 is 9.33 Å². The van der Waals surface area contributed by atoms with E-state index >= 15 is 0 Å². The normalized spacial score (nSPS) is 21.2. The summed E-state index contributed by atoms with van der Waals surface area (Å²) in [4.78, 5) is 11.7. The summed E-state index contributed by atoms with van der Waals surface area (Å²) in [5.74, 6) is 0.935. The third kappa shape index (κ3) is 3.81. The number of hydrogen-bond donors (Lipinski definition) is 0. The summed E-state index contributed by atoms with van der Waals surface area (Å²) < 4.78 is 8.66. The number of fused-ring (bicyclic) bond motifs is 1. The van der Waals surface area contributed by atoms with Gasteiger partial charge in [-0.3, -0.25) is 0 Å². The van der Waals surface area contributed by atoms with Crippen molar-refractivity contribution in [3.05, 3.63) is 11.0 Å². The highest BCUT2D eigenvalue weighted by Crippen LogP contribution is 2.40. The molecular formula is C21H34ClN5OSi. The van der Waals surface area contributed by atoms with Crippen molar-refractivity contribution in [3.63, 3.8) is 0 Å². The van der Waals surface area contributed by atoms with Crippen LogP contribution >= 0.6 is 11.6 Å². The molecule has 0 aromatic carbocycles. The van der Waals surface area contributed by atoms with E-state index in [9.17, 15) is 0 Å². The standard InChI is InChI=1S/C21H34ClN5OSi/c1-14-17-18(23-20(22)24-19(17)27(25-14)15-9-7-10-15)26-12-8-11-16(26)13-28-29(5,6)21(2,3)4/h15-16H,7-13H2,1-6H3/t16-/m1/s1. The van der Waals surface area contributed by atoms with Gasteiger partial charge in [0.25, 0.3) is 0 Å². The molecule has 2 fully saturated rings. The predicted molar refractivity (Wildman–Crippen MR) is 121 cm³/mol. The third-order valence-electron chi connectivity index (χ3n) is 7.19. The number of anilines is 1. The SMILES string of the molecule is Cc1nn(C2CCC2)c2nc(Cl)nc(N3CCC[C@@H]3CO[Si](C)(C)C(C)(C)C)c12. The van der Waals surface area contributed by atoms with Gasteiger partial charge in [-0.25, -0.2) is 4.68 Å². The molecule has 6 nitrogen and oxygen atoms in total. The molecule has 1 saturated carbocycles. The van der Waals surface area contributed by atoms with E-state index in [0.717, 1.165) is 48.5 Å². The summed E-state index contributed by atoms with van der Waals surface area (Å²) in [6.07, 6.45) is 5.85. The van der Waals surface area contributed by atoms with Crippen LogP contribution in [0.15, 0.2) is 0 Å². The molecule has 8 heteroatoms. The summed E-state index contributed by atoms with van der Waals surface area (Å²) in [6.45, 7) is 15.3. The molecule has 0 radical (unpaired) electrons. The molecule has 1 atom stereocenters. The van der Waals surface area contributed by atoms with Crippen molar-refractivity contribution in [3.8, 4) is 0 Å². The number of aryl methyl sites for hydroxylation is 1. The second-order valence-corrected chi connectivity index (χ2v) is 15.3. The van der Waals surface area contributed by atoms with Crippen molar-refractivity contribution < 1.29 is 4.43 Å². The lowest BCUT2D eigenvalue weighted by Gasteiger charge is -2.38. The highest BCUT2D eigenvalue weighted by molar-refractivity contribution is 6.74. The Bertz CT molecular complexity index is 903. The lowest BCUT2D eigenvalue weighted by atomic mass is 9.93. The van der Waals surface area contributed by atoms with Crippen LogP contribution in [-0.4, -0.2) is 47.3 Å². The quantitative estimate of drug-likeness (QED) is 0.458. The molecule has 0 N–H and O–H groups in total. The molecular weight excluding hydrogens is 402 g/mol. The van der Waals surface area contributed by atoms with E-state index in [4.69, 9.17) is 21.1 Å². The van der Waals surface area contributed by atoms with Crippen LogP contribution in [0.5, 0.6) is 0 Å². The number of rotatable bonds is 5. The van der Waals surface area contributed by atoms with Crippen molar-refractivity contribution in [1.29, 1.82) is 0 Å². The van der Waals surface area contributed by atoms with Gasteiger partial charge in [-0.05, 0) is 68.8 Å². The van der Waals surface area contributed by atoms with Crippen LogP contribution in [0.1, 0.15) is 64.6 Å². The molecule has 3 heterocycles. The Morgan fingerprint density at radius 3 is 2.48 bits per heavy atom. The third-order valence-corrected chi connectivity index (χ3v) is 11.9. The van der Waals surface area contributed by atoms with Crippen molar-refractivity contribution in [1.82, 2.24) is 19.7 Å². The smallest absolute Gasteiger partial charge is 0.226 e. The largest absolute Gasteiger partial charge is 0.415 e. The van der Waals surface area contributed by atoms with Crippen LogP contribution in [0.25, 0.3) is 11.0 Å². The van der Waals surface area contributed by atoms with Gasteiger partial charge in [-0.2, -0.15) is 15.1 Å². The molecule has 29 heavy (non-hydrogen) atoms. The van der Waals surface area contributed by atoms with Crippen LogP contribution in [0, 0.1) is 6.92 Å². The number of hydrogen-bond acceptors (Lipinski definition) is 5. The van der Waals surface area contributed by atoms with Crippen LogP contribution in [0.4, 0.5) is 5.82 Å². The first kappa shape index (κ1) is 21.1. The Labute approximate surface area is 180 Å². The van der Waals surface area contributed by atoms with E-state index in [0.29, 0.717) is 17.4 Å². The van der Waals surface area contributed by atoms with Gasteiger partial charge >= 0.3 is 0 Å².